The van der Waals surface area contributed by atoms with Crippen LogP contribution < -0.4 is 20.5 Å². The molecule has 0 heterocycles. The topological polar surface area (TPSA) is 112 Å². The highest BCUT2D eigenvalue weighted by Crippen LogP contribution is 2.29. The van der Waals surface area contributed by atoms with Crippen molar-refractivity contribution in [3.63, 3.8) is 0 Å². The summed E-state index contributed by atoms with van der Waals surface area (Å²) in [7, 11) is 3.11. The number of hydrogen-bond donors (Lipinski definition) is 2. The van der Waals surface area contributed by atoms with Crippen molar-refractivity contribution >= 4 is 41.3 Å². The molecule has 25 heavy (non-hydrogen) atoms. The monoisotopic (exact) mass is 458 g/mol. The van der Waals surface area contributed by atoms with Gasteiger partial charge in [-0.3, -0.25) is 10.1 Å². The summed E-state index contributed by atoms with van der Waals surface area (Å²) in [5.74, 6) is 1.41. The Bertz CT molecular complexity index is 750. The van der Waals surface area contributed by atoms with Gasteiger partial charge in [-0.2, -0.15) is 0 Å². The Hall–Kier alpha value is -2.56. The summed E-state index contributed by atoms with van der Waals surface area (Å²) >= 11 is 0. The fourth-order valence-corrected chi connectivity index (χ4v) is 2.00. The van der Waals surface area contributed by atoms with E-state index in [1.165, 1.54) is 12.1 Å². The van der Waals surface area contributed by atoms with E-state index in [-0.39, 0.29) is 35.6 Å². The molecule has 2 aromatic rings. The number of ether oxygens (including phenoxy) is 2. The van der Waals surface area contributed by atoms with Crippen LogP contribution in [0, 0.1) is 10.1 Å². The molecule has 0 aromatic heterocycles. The summed E-state index contributed by atoms with van der Waals surface area (Å²) in [5.41, 5.74) is 7.42. The number of non-ortho nitro benzene ring substituents is 1. The molecule has 0 spiro atoms. The first kappa shape index (κ1) is 20.5. The van der Waals surface area contributed by atoms with Crippen LogP contribution in [0.2, 0.25) is 0 Å². The zero-order chi connectivity index (χ0) is 17.5. The van der Waals surface area contributed by atoms with Gasteiger partial charge in [0.25, 0.3) is 5.69 Å². The van der Waals surface area contributed by atoms with Gasteiger partial charge in [-0.25, -0.2) is 4.99 Å². The van der Waals surface area contributed by atoms with Crippen LogP contribution in [0.25, 0.3) is 0 Å². The lowest BCUT2D eigenvalue weighted by molar-refractivity contribution is -0.384. The molecule has 0 radical (unpaired) electrons. The molecule has 0 unspecified atom stereocenters. The average Bonchev–Trinajstić information content (AvgIpc) is 2.60. The third-order valence-corrected chi connectivity index (χ3v) is 3.24. The van der Waals surface area contributed by atoms with Crippen LogP contribution in [0.5, 0.6) is 11.5 Å². The Morgan fingerprint density at radius 2 is 1.80 bits per heavy atom. The van der Waals surface area contributed by atoms with Gasteiger partial charge >= 0.3 is 0 Å². The predicted octanol–water partition coefficient (Wildman–Crippen LogP) is 3.16. The molecule has 3 N–H and O–H groups in total. The van der Waals surface area contributed by atoms with E-state index in [1.54, 1.807) is 44.6 Å². The first-order chi connectivity index (χ1) is 11.5. The maximum atomic E-state index is 10.6. The zero-order valence-electron chi connectivity index (χ0n) is 13.8. The van der Waals surface area contributed by atoms with Crippen LogP contribution in [-0.4, -0.2) is 25.1 Å². The molecule has 0 amide bonds. The van der Waals surface area contributed by atoms with E-state index in [0.29, 0.717) is 23.7 Å². The first-order valence-electron chi connectivity index (χ1n) is 7.05. The Balaban J connectivity index is 0.00000312. The number of halogens is 1. The van der Waals surface area contributed by atoms with Gasteiger partial charge in [-0.1, -0.05) is 12.1 Å². The van der Waals surface area contributed by atoms with Crippen molar-refractivity contribution in [1.29, 1.82) is 0 Å². The molecule has 134 valence electrons. The normalized spacial score (nSPS) is 10.6. The lowest BCUT2D eigenvalue weighted by Gasteiger charge is -2.10. The molecule has 0 aliphatic carbocycles. The van der Waals surface area contributed by atoms with Gasteiger partial charge in [0.1, 0.15) is 0 Å². The molecule has 0 bridgehead atoms. The number of nitrogens with zero attached hydrogens (tertiary/aromatic N) is 2. The summed E-state index contributed by atoms with van der Waals surface area (Å²) in [6, 6.07) is 11.4. The lowest BCUT2D eigenvalue weighted by Crippen LogP contribution is -2.22. The number of anilines is 1. The third kappa shape index (κ3) is 5.78. The smallest absolute Gasteiger partial charge is 0.269 e. The largest absolute Gasteiger partial charge is 0.493 e. The number of aliphatic imine (C=N–C) groups is 1. The summed E-state index contributed by atoms with van der Waals surface area (Å²) in [5, 5.41) is 13.6. The Labute approximate surface area is 162 Å². The second-order valence-electron chi connectivity index (χ2n) is 4.82. The highest BCUT2D eigenvalue weighted by Gasteiger charge is 2.06. The van der Waals surface area contributed by atoms with Crippen molar-refractivity contribution < 1.29 is 14.4 Å². The van der Waals surface area contributed by atoms with Gasteiger partial charge < -0.3 is 20.5 Å². The van der Waals surface area contributed by atoms with E-state index in [1.807, 2.05) is 0 Å². The van der Waals surface area contributed by atoms with Crippen LogP contribution >= 0.6 is 24.0 Å². The summed E-state index contributed by atoms with van der Waals surface area (Å²) in [6.45, 7) is 0.310. The van der Waals surface area contributed by atoms with Crippen LogP contribution in [-0.2, 0) is 6.54 Å². The molecule has 9 heteroatoms. The zero-order valence-corrected chi connectivity index (χ0v) is 16.1. The molecule has 0 fully saturated rings. The highest BCUT2D eigenvalue weighted by molar-refractivity contribution is 14.0. The van der Waals surface area contributed by atoms with Crippen molar-refractivity contribution in [2.45, 2.75) is 6.54 Å². The average molecular weight is 458 g/mol. The summed E-state index contributed by atoms with van der Waals surface area (Å²) in [4.78, 5) is 14.4. The van der Waals surface area contributed by atoms with Crippen LogP contribution in [0.1, 0.15) is 5.56 Å². The van der Waals surface area contributed by atoms with Crippen molar-refractivity contribution in [3.05, 3.63) is 58.1 Å². The molecular weight excluding hydrogens is 439 g/mol. The Morgan fingerprint density at radius 3 is 2.36 bits per heavy atom. The molecule has 8 nitrogen and oxygen atoms in total. The summed E-state index contributed by atoms with van der Waals surface area (Å²) in [6.07, 6.45) is 0. The van der Waals surface area contributed by atoms with Crippen LogP contribution in [0.3, 0.4) is 0 Å². The van der Waals surface area contributed by atoms with E-state index in [2.05, 4.69) is 10.3 Å². The van der Waals surface area contributed by atoms with E-state index in [4.69, 9.17) is 15.2 Å². The minimum absolute atomic E-state index is 0. The van der Waals surface area contributed by atoms with Gasteiger partial charge in [0.15, 0.2) is 17.5 Å². The quantitative estimate of drug-likeness (QED) is 0.226. The molecule has 0 aliphatic rings. The third-order valence-electron chi connectivity index (χ3n) is 3.24. The number of nitro groups is 1. The number of methoxy groups -OCH3 is 2. The molecule has 0 saturated heterocycles. The van der Waals surface area contributed by atoms with Gasteiger partial charge in [-0.15, -0.1) is 24.0 Å². The Kier molecular flexibility index (Phi) is 7.92. The van der Waals surface area contributed by atoms with Gasteiger partial charge in [0.05, 0.1) is 25.7 Å². The molecule has 0 aliphatic heterocycles. The summed E-state index contributed by atoms with van der Waals surface area (Å²) < 4.78 is 10.4. The van der Waals surface area contributed by atoms with Crippen LogP contribution in [0.15, 0.2) is 47.5 Å². The molecule has 0 saturated carbocycles. The van der Waals surface area contributed by atoms with Gasteiger partial charge in [0, 0.05) is 23.9 Å². The number of rotatable bonds is 6. The fourth-order valence-electron chi connectivity index (χ4n) is 2.00. The van der Waals surface area contributed by atoms with Crippen molar-refractivity contribution in [2.75, 3.05) is 19.5 Å². The van der Waals surface area contributed by atoms with Crippen molar-refractivity contribution in [2.24, 2.45) is 10.7 Å². The molecular formula is C16H19IN4O4. The number of guanidine groups is 1. The van der Waals surface area contributed by atoms with E-state index in [0.717, 1.165) is 5.56 Å². The highest BCUT2D eigenvalue weighted by atomic mass is 127. The number of nitro benzene ring substituents is 1. The number of nitrogens with one attached hydrogen (secondary N) is 1. The van der Waals surface area contributed by atoms with Crippen molar-refractivity contribution in [1.82, 2.24) is 0 Å². The fraction of sp³-hybridized carbons (Fsp3) is 0.188. The minimum Gasteiger partial charge on any atom is -0.493 e. The molecule has 2 rings (SSSR count). The first-order valence-corrected chi connectivity index (χ1v) is 7.05. The Morgan fingerprint density at radius 1 is 1.16 bits per heavy atom. The molecule has 0 atom stereocenters. The van der Waals surface area contributed by atoms with Gasteiger partial charge in [-0.05, 0) is 17.7 Å². The number of hydrogen-bond acceptors (Lipinski definition) is 5. The standard InChI is InChI=1S/C16H18N4O4.HI/c1-23-14-8-5-12(9-15(14)24-2)19-16(17)18-10-11-3-6-13(7-4-11)20(21)22;/h3-9H,10H2,1-2H3,(H3,17,18,19);1H. The number of nitrogens with two attached hydrogens (primary N) is 1. The van der Waals surface area contributed by atoms with Gasteiger partial charge in [0.2, 0.25) is 0 Å². The second-order valence-corrected chi connectivity index (χ2v) is 4.82. The lowest BCUT2D eigenvalue weighted by atomic mass is 10.2. The van der Waals surface area contributed by atoms with E-state index >= 15 is 0 Å². The SMILES string of the molecule is COc1ccc(NC(N)=NCc2ccc([N+](=O)[O-])cc2)cc1OC.I. The predicted molar refractivity (Wildman–Crippen MR) is 107 cm³/mol. The maximum Gasteiger partial charge on any atom is 0.269 e. The molecule has 2 aromatic carbocycles. The van der Waals surface area contributed by atoms with E-state index < -0.39 is 4.92 Å². The van der Waals surface area contributed by atoms with Crippen molar-refractivity contribution in [3.8, 4) is 11.5 Å². The van der Waals surface area contributed by atoms with Crippen LogP contribution in [0.4, 0.5) is 11.4 Å². The van der Waals surface area contributed by atoms with E-state index in [9.17, 15) is 10.1 Å². The second kappa shape index (κ2) is 9.67. The maximum absolute atomic E-state index is 10.6. The number of benzene rings is 2. The minimum atomic E-state index is -0.444.